The molecular formula is C33H48O. The Labute approximate surface area is 209 Å². The molecule has 0 saturated heterocycles. The standard InChI is InChI=1S/C33H48O/c1-22(2)10-9-11-23(3)27-14-15-28-31-29(17-19-33(27,28)5)32(4)18-16-25(20-26(32)21-30(31)34)24-12-7-6-8-13-24/h6-8,12-13,21-23,25,27-29,31H,9-11,14-20H2,1-5H3/t23-,25?,27-,28+,29+,31+,32+,33-/m1/s1. The van der Waals surface area contributed by atoms with Gasteiger partial charge in [-0.2, -0.15) is 0 Å². The van der Waals surface area contributed by atoms with Crippen LogP contribution in [0.5, 0.6) is 0 Å². The summed E-state index contributed by atoms with van der Waals surface area (Å²) in [6, 6.07) is 11.0. The molecule has 0 radical (unpaired) electrons. The van der Waals surface area contributed by atoms with Crippen molar-refractivity contribution in [1.29, 1.82) is 0 Å². The fourth-order valence-corrected chi connectivity index (χ4v) is 9.44. The zero-order valence-electron chi connectivity index (χ0n) is 22.5. The second kappa shape index (κ2) is 9.25. The van der Waals surface area contributed by atoms with Crippen LogP contribution < -0.4 is 0 Å². The van der Waals surface area contributed by atoms with E-state index in [0.29, 0.717) is 29.0 Å². The molecule has 0 aliphatic heterocycles. The van der Waals surface area contributed by atoms with Crippen LogP contribution in [0.4, 0.5) is 0 Å². The van der Waals surface area contributed by atoms with Gasteiger partial charge in [0.25, 0.3) is 0 Å². The first kappa shape index (κ1) is 24.3. The van der Waals surface area contributed by atoms with Crippen LogP contribution >= 0.6 is 0 Å². The number of allylic oxidation sites excluding steroid dienone is 2. The molecule has 0 amide bonds. The largest absolute Gasteiger partial charge is 0.295 e. The Kier molecular flexibility index (Phi) is 6.62. The van der Waals surface area contributed by atoms with Crippen LogP contribution in [-0.2, 0) is 4.79 Å². The van der Waals surface area contributed by atoms with Gasteiger partial charge in [0, 0.05) is 5.92 Å². The van der Waals surface area contributed by atoms with Gasteiger partial charge in [-0.05, 0) is 103 Å². The molecule has 186 valence electrons. The van der Waals surface area contributed by atoms with Gasteiger partial charge in [0.15, 0.2) is 5.78 Å². The highest BCUT2D eigenvalue weighted by Crippen LogP contribution is 2.67. The number of hydrogen-bond donors (Lipinski definition) is 0. The minimum Gasteiger partial charge on any atom is -0.295 e. The van der Waals surface area contributed by atoms with E-state index in [0.717, 1.165) is 24.2 Å². The average Bonchev–Trinajstić information content (AvgIpc) is 3.17. The van der Waals surface area contributed by atoms with Gasteiger partial charge >= 0.3 is 0 Å². The zero-order valence-corrected chi connectivity index (χ0v) is 22.5. The van der Waals surface area contributed by atoms with Crippen LogP contribution in [0.25, 0.3) is 0 Å². The van der Waals surface area contributed by atoms with Crippen LogP contribution in [0.3, 0.4) is 0 Å². The second-order valence-electron chi connectivity index (χ2n) is 13.6. The Morgan fingerprint density at radius 2 is 1.68 bits per heavy atom. The van der Waals surface area contributed by atoms with Gasteiger partial charge in [-0.15, -0.1) is 0 Å². The van der Waals surface area contributed by atoms with Crippen molar-refractivity contribution in [3.8, 4) is 0 Å². The van der Waals surface area contributed by atoms with E-state index >= 15 is 0 Å². The highest BCUT2D eigenvalue weighted by atomic mass is 16.1. The van der Waals surface area contributed by atoms with Crippen molar-refractivity contribution in [2.75, 3.05) is 0 Å². The monoisotopic (exact) mass is 460 g/mol. The Morgan fingerprint density at radius 1 is 0.912 bits per heavy atom. The summed E-state index contributed by atoms with van der Waals surface area (Å²) in [4.78, 5) is 13.8. The van der Waals surface area contributed by atoms with Crippen molar-refractivity contribution in [3.63, 3.8) is 0 Å². The van der Waals surface area contributed by atoms with Crippen molar-refractivity contribution < 1.29 is 4.79 Å². The van der Waals surface area contributed by atoms with Crippen LogP contribution in [0.15, 0.2) is 42.0 Å². The summed E-state index contributed by atoms with van der Waals surface area (Å²) in [6.07, 6.45) is 15.1. The van der Waals surface area contributed by atoms with Crippen molar-refractivity contribution in [3.05, 3.63) is 47.5 Å². The van der Waals surface area contributed by atoms with Crippen molar-refractivity contribution in [2.45, 2.75) is 105 Å². The number of ketones is 1. The lowest BCUT2D eigenvalue weighted by Crippen LogP contribution is -2.53. The van der Waals surface area contributed by atoms with E-state index in [-0.39, 0.29) is 11.3 Å². The molecule has 4 aliphatic carbocycles. The lowest BCUT2D eigenvalue weighted by atomic mass is 9.46. The van der Waals surface area contributed by atoms with Gasteiger partial charge in [-0.3, -0.25) is 4.79 Å². The minimum atomic E-state index is 0.242. The molecule has 0 aromatic heterocycles. The van der Waals surface area contributed by atoms with Crippen molar-refractivity contribution in [1.82, 2.24) is 0 Å². The first-order valence-corrected chi connectivity index (χ1v) is 14.5. The molecule has 1 nitrogen and oxygen atoms in total. The Balaban J connectivity index is 1.35. The Morgan fingerprint density at radius 3 is 2.41 bits per heavy atom. The summed E-state index contributed by atoms with van der Waals surface area (Å²) < 4.78 is 0. The van der Waals surface area contributed by atoms with Crippen molar-refractivity contribution >= 4 is 5.78 Å². The molecule has 4 aliphatic rings. The maximum atomic E-state index is 13.8. The summed E-state index contributed by atoms with van der Waals surface area (Å²) in [5.41, 5.74) is 3.56. The molecule has 1 heteroatoms. The number of carbonyl (C=O) groups is 1. The Bertz CT molecular complexity index is 912. The predicted octanol–water partition coefficient (Wildman–Crippen LogP) is 8.99. The predicted molar refractivity (Wildman–Crippen MR) is 143 cm³/mol. The first-order chi connectivity index (χ1) is 16.2. The molecule has 1 aromatic rings. The van der Waals surface area contributed by atoms with Gasteiger partial charge in [0.2, 0.25) is 0 Å². The summed E-state index contributed by atoms with van der Waals surface area (Å²) in [7, 11) is 0. The average molecular weight is 461 g/mol. The lowest BCUT2D eigenvalue weighted by molar-refractivity contribution is -0.134. The number of carbonyl (C=O) groups excluding carboxylic acids is 1. The summed E-state index contributed by atoms with van der Waals surface area (Å²) in [5.74, 6) is 4.97. The van der Waals surface area contributed by atoms with Gasteiger partial charge in [0.05, 0.1) is 0 Å². The normalized spacial score (nSPS) is 40.4. The number of hydrogen-bond acceptors (Lipinski definition) is 1. The van der Waals surface area contributed by atoms with Crippen LogP contribution in [0, 0.1) is 46.3 Å². The zero-order chi connectivity index (χ0) is 24.1. The molecule has 0 spiro atoms. The van der Waals surface area contributed by atoms with Gasteiger partial charge in [-0.25, -0.2) is 0 Å². The van der Waals surface area contributed by atoms with Crippen LogP contribution in [0.1, 0.15) is 110 Å². The molecule has 5 rings (SSSR count). The molecule has 8 atom stereocenters. The number of fused-ring (bicyclic) bond motifs is 5. The van der Waals surface area contributed by atoms with Crippen LogP contribution in [-0.4, -0.2) is 5.78 Å². The number of benzene rings is 1. The SMILES string of the molecule is CC(C)CCC[C@@H](C)[C@H]1CC[C@H]2[C@@H]3C(=O)C=C4CC(c5ccccc5)CC[C@]4(C)[C@H]3CC[C@]12C. The maximum absolute atomic E-state index is 13.8. The van der Waals surface area contributed by atoms with Crippen LogP contribution in [0.2, 0.25) is 0 Å². The van der Waals surface area contributed by atoms with Gasteiger partial charge in [-0.1, -0.05) is 89.8 Å². The fourth-order valence-electron chi connectivity index (χ4n) is 9.44. The fraction of sp³-hybridized carbons (Fsp3) is 0.727. The minimum absolute atomic E-state index is 0.242. The molecule has 0 heterocycles. The summed E-state index contributed by atoms with van der Waals surface area (Å²) in [5, 5.41) is 0. The highest BCUT2D eigenvalue weighted by Gasteiger charge is 2.61. The van der Waals surface area contributed by atoms with Gasteiger partial charge < -0.3 is 0 Å². The third kappa shape index (κ3) is 4.04. The third-order valence-corrected chi connectivity index (χ3v) is 11.4. The third-order valence-electron chi connectivity index (χ3n) is 11.4. The number of rotatable bonds is 6. The molecule has 34 heavy (non-hydrogen) atoms. The van der Waals surface area contributed by atoms with E-state index in [4.69, 9.17) is 0 Å². The lowest BCUT2D eigenvalue weighted by Gasteiger charge is -2.57. The van der Waals surface area contributed by atoms with E-state index < -0.39 is 0 Å². The second-order valence-corrected chi connectivity index (χ2v) is 13.6. The topological polar surface area (TPSA) is 17.1 Å². The summed E-state index contributed by atoms with van der Waals surface area (Å²) >= 11 is 0. The van der Waals surface area contributed by atoms with E-state index in [9.17, 15) is 4.79 Å². The van der Waals surface area contributed by atoms with Crippen molar-refractivity contribution in [2.24, 2.45) is 46.3 Å². The maximum Gasteiger partial charge on any atom is 0.159 e. The molecule has 3 fully saturated rings. The molecular weight excluding hydrogens is 412 g/mol. The quantitative estimate of drug-likeness (QED) is 0.414. The van der Waals surface area contributed by atoms with E-state index in [1.165, 1.54) is 68.9 Å². The molecule has 3 saturated carbocycles. The smallest absolute Gasteiger partial charge is 0.159 e. The molecule has 0 bridgehead atoms. The molecule has 1 aromatic carbocycles. The first-order valence-electron chi connectivity index (χ1n) is 14.5. The highest BCUT2D eigenvalue weighted by molar-refractivity contribution is 5.94. The van der Waals surface area contributed by atoms with E-state index in [2.05, 4.69) is 71.0 Å². The van der Waals surface area contributed by atoms with E-state index in [1.54, 1.807) is 0 Å². The van der Waals surface area contributed by atoms with E-state index in [1.807, 2.05) is 0 Å². The Hall–Kier alpha value is -1.37. The summed E-state index contributed by atoms with van der Waals surface area (Å²) in [6.45, 7) is 12.4. The van der Waals surface area contributed by atoms with Gasteiger partial charge in [0.1, 0.15) is 0 Å². The molecule has 1 unspecified atom stereocenters. The molecule has 0 N–H and O–H groups in total.